The van der Waals surface area contributed by atoms with Crippen LogP contribution in [0, 0.1) is 0 Å². The summed E-state index contributed by atoms with van der Waals surface area (Å²) >= 11 is 0. The average Bonchev–Trinajstić information content (AvgIpc) is 2.85. The SMILES string of the molecule is CC(C)N(CCNC(=O)C(=O)N1CCCC1)C(C)C. The van der Waals surface area contributed by atoms with Crippen molar-refractivity contribution >= 4 is 11.8 Å². The van der Waals surface area contributed by atoms with Crippen LogP contribution in [0.4, 0.5) is 0 Å². The van der Waals surface area contributed by atoms with E-state index in [9.17, 15) is 9.59 Å². The standard InChI is InChI=1S/C14H27N3O2/c1-11(2)17(12(3)4)10-7-15-13(18)14(19)16-8-5-6-9-16/h11-12H,5-10H2,1-4H3,(H,15,18). The first-order valence-corrected chi connectivity index (χ1v) is 7.26. The Balaban J connectivity index is 2.31. The fourth-order valence-electron chi connectivity index (χ4n) is 2.55. The molecule has 0 aromatic heterocycles. The molecule has 0 aromatic carbocycles. The smallest absolute Gasteiger partial charge is 0.311 e. The molecule has 5 nitrogen and oxygen atoms in total. The number of rotatable bonds is 5. The van der Waals surface area contributed by atoms with Crippen molar-refractivity contribution in [1.82, 2.24) is 15.1 Å². The molecule has 0 bridgehead atoms. The van der Waals surface area contributed by atoms with Gasteiger partial charge in [0.15, 0.2) is 0 Å². The van der Waals surface area contributed by atoms with Gasteiger partial charge in [-0.3, -0.25) is 14.5 Å². The average molecular weight is 269 g/mol. The number of nitrogens with one attached hydrogen (secondary N) is 1. The second-order valence-electron chi connectivity index (χ2n) is 5.68. The van der Waals surface area contributed by atoms with E-state index in [4.69, 9.17) is 0 Å². The van der Waals surface area contributed by atoms with Crippen LogP contribution in [0.1, 0.15) is 40.5 Å². The van der Waals surface area contributed by atoms with Gasteiger partial charge in [0.05, 0.1) is 0 Å². The molecule has 19 heavy (non-hydrogen) atoms. The molecular formula is C14H27N3O2. The van der Waals surface area contributed by atoms with Crippen molar-refractivity contribution < 1.29 is 9.59 Å². The minimum absolute atomic E-state index is 0.377. The van der Waals surface area contributed by atoms with Crippen LogP contribution in [0.3, 0.4) is 0 Å². The molecule has 5 heteroatoms. The van der Waals surface area contributed by atoms with Crippen molar-refractivity contribution in [3.05, 3.63) is 0 Å². The van der Waals surface area contributed by atoms with E-state index in [2.05, 4.69) is 37.9 Å². The highest BCUT2D eigenvalue weighted by Crippen LogP contribution is 2.07. The zero-order chi connectivity index (χ0) is 14.4. The fraction of sp³-hybridized carbons (Fsp3) is 0.857. The Morgan fingerprint density at radius 1 is 1.11 bits per heavy atom. The number of nitrogens with zero attached hydrogens (tertiary/aromatic N) is 2. The molecule has 0 aliphatic carbocycles. The highest BCUT2D eigenvalue weighted by molar-refractivity contribution is 6.35. The van der Waals surface area contributed by atoms with E-state index >= 15 is 0 Å². The first-order valence-electron chi connectivity index (χ1n) is 7.26. The summed E-state index contributed by atoms with van der Waals surface area (Å²) in [5.41, 5.74) is 0. The quantitative estimate of drug-likeness (QED) is 0.753. The molecule has 0 spiro atoms. The molecule has 1 saturated heterocycles. The molecule has 1 fully saturated rings. The van der Waals surface area contributed by atoms with E-state index in [-0.39, 0.29) is 5.91 Å². The second-order valence-corrected chi connectivity index (χ2v) is 5.68. The van der Waals surface area contributed by atoms with Gasteiger partial charge < -0.3 is 10.2 Å². The maximum atomic E-state index is 11.8. The molecule has 1 aliphatic rings. The van der Waals surface area contributed by atoms with Crippen LogP contribution in [-0.2, 0) is 9.59 Å². The molecule has 0 aromatic rings. The number of carbonyl (C=O) groups excluding carboxylic acids is 2. The molecule has 0 atom stereocenters. The lowest BCUT2D eigenvalue weighted by atomic mass is 10.2. The Kier molecular flexibility index (Phi) is 6.28. The normalized spacial score (nSPS) is 15.6. The number of carbonyl (C=O) groups is 2. The Bertz CT molecular complexity index is 302. The van der Waals surface area contributed by atoms with Crippen LogP contribution in [0.15, 0.2) is 0 Å². The van der Waals surface area contributed by atoms with Gasteiger partial charge in [0.25, 0.3) is 0 Å². The van der Waals surface area contributed by atoms with Gasteiger partial charge in [-0.15, -0.1) is 0 Å². The van der Waals surface area contributed by atoms with Gasteiger partial charge >= 0.3 is 11.8 Å². The van der Waals surface area contributed by atoms with Gasteiger partial charge in [0.1, 0.15) is 0 Å². The fourth-order valence-corrected chi connectivity index (χ4v) is 2.55. The zero-order valence-corrected chi connectivity index (χ0v) is 12.6. The maximum absolute atomic E-state index is 11.8. The molecule has 0 radical (unpaired) electrons. The number of hydrogen-bond acceptors (Lipinski definition) is 3. The zero-order valence-electron chi connectivity index (χ0n) is 12.6. The van der Waals surface area contributed by atoms with Crippen LogP contribution >= 0.6 is 0 Å². The van der Waals surface area contributed by atoms with Crippen LogP contribution in [0.2, 0.25) is 0 Å². The van der Waals surface area contributed by atoms with Gasteiger partial charge in [-0.1, -0.05) is 0 Å². The molecule has 1 aliphatic heterocycles. The first kappa shape index (κ1) is 16.0. The van der Waals surface area contributed by atoms with E-state index in [1.807, 2.05) is 0 Å². The van der Waals surface area contributed by atoms with Crippen LogP contribution < -0.4 is 5.32 Å². The lowest BCUT2D eigenvalue weighted by molar-refractivity contribution is -0.145. The summed E-state index contributed by atoms with van der Waals surface area (Å²) in [6.07, 6.45) is 2.01. The first-order chi connectivity index (χ1) is 8.93. The topological polar surface area (TPSA) is 52.7 Å². The van der Waals surface area contributed by atoms with Crippen LogP contribution in [-0.4, -0.2) is 59.9 Å². The Hall–Kier alpha value is -1.10. The van der Waals surface area contributed by atoms with Crippen molar-refractivity contribution in [2.45, 2.75) is 52.6 Å². The minimum Gasteiger partial charge on any atom is -0.347 e. The third-order valence-corrected chi connectivity index (χ3v) is 3.57. The molecule has 0 saturated carbocycles. The Morgan fingerprint density at radius 3 is 2.11 bits per heavy atom. The van der Waals surface area contributed by atoms with E-state index in [0.29, 0.717) is 18.6 Å². The maximum Gasteiger partial charge on any atom is 0.311 e. The molecule has 1 N–H and O–H groups in total. The summed E-state index contributed by atoms with van der Waals surface area (Å²) in [4.78, 5) is 27.4. The predicted molar refractivity (Wildman–Crippen MR) is 75.8 cm³/mol. The minimum atomic E-state index is -0.464. The second kappa shape index (κ2) is 7.48. The molecule has 1 heterocycles. The Labute approximate surface area is 116 Å². The number of hydrogen-bond donors (Lipinski definition) is 1. The van der Waals surface area contributed by atoms with Crippen molar-refractivity contribution in [3.8, 4) is 0 Å². The van der Waals surface area contributed by atoms with Crippen molar-refractivity contribution in [3.63, 3.8) is 0 Å². The summed E-state index contributed by atoms with van der Waals surface area (Å²) in [7, 11) is 0. The highest BCUT2D eigenvalue weighted by Gasteiger charge is 2.24. The molecule has 2 amide bonds. The van der Waals surface area contributed by atoms with E-state index in [0.717, 1.165) is 32.5 Å². The van der Waals surface area contributed by atoms with E-state index in [1.54, 1.807) is 4.90 Å². The summed E-state index contributed by atoms with van der Waals surface area (Å²) in [5.74, 6) is -0.840. The summed E-state index contributed by atoms with van der Waals surface area (Å²) in [6.45, 7) is 11.3. The van der Waals surface area contributed by atoms with E-state index in [1.165, 1.54) is 0 Å². The lowest BCUT2D eigenvalue weighted by Gasteiger charge is -2.30. The van der Waals surface area contributed by atoms with Gasteiger partial charge in [0.2, 0.25) is 0 Å². The number of likely N-dealkylation sites (tertiary alicyclic amines) is 1. The molecule has 0 unspecified atom stereocenters. The van der Waals surface area contributed by atoms with Crippen molar-refractivity contribution in [2.75, 3.05) is 26.2 Å². The third kappa shape index (κ3) is 4.82. The molecule has 110 valence electrons. The summed E-state index contributed by atoms with van der Waals surface area (Å²) < 4.78 is 0. The monoisotopic (exact) mass is 269 g/mol. The summed E-state index contributed by atoms with van der Waals surface area (Å²) in [6, 6.07) is 0.873. The largest absolute Gasteiger partial charge is 0.347 e. The molecule has 1 rings (SSSR count). The van der Waals surface area contributed by atoms with Crippen LogP contribution in [0.25, 0.3) is 0 Å². The Morgan fingerprint density at radius 2 is 1.63 bits per heavy atom. The van der Waals surface area contributed by atoms with E-state index < -0.39 is 5.91 Å². The summed E-state index contributed by atoms with van der Waals surface area (Å²) in [5, 5.41) is 2.73. The van der Waals surface area contributed by atoms with Crippen molar-refractivity contribution in [2.24, 2.45) is 0 Å². The van der Waals surface area contributed by atoms with Gasteiger partial charge in [-0.2, -0.15) is 0 Å². The lowest BCUT2D eigenvalue weighted by Crippen LogP contribution is -2.46. The third-order valence-electron chi connectivity index (χ3n) is 3.57. The van der Waals surface area contributed by atoms with Gasteiger partial charge in [0, 0.05) is 38.3 Å². The number of amides is 2. The van der Waals surface area contributed by atoms with Gasteiger partial charge in [-0.25, -0.2) is 0 Å². The molecular weight excluding hydrogens is 242 g/mol. The van der Waals surface area contributed by atoms with Gasteiger partial charge in [-0.05, 0) is 40.5 Å². The predicted octanol–water partition coefficient (Wildman–Crippen LogP) is 0.844. The van der Waals surface area contributed by atoms with Crippen molar-refractivity contribution in [1.29, 1.82) is 0 Å². The highest BCUT2D eigenvalue weighted by atomic mass is 16.2. The van der Waals surface area contributed by atoms with Crippen LogP contribution in [0.5, 0.6) is 0 Å².